The van der Waals surface area contributed by atoms with Gasteiger partial charge in [-0.1, -0.05) is 18.2 Å². The van der Waals surface area contributed by atoms with Crippen LogP contribution in [0.25, 0.3) is 0 Å². The number of anilines is 1. The number of likely N-dealkylation sites (tertiary alicyclic amines) is 1. The van der Waals surface area contributed by atoms with Gasteiger partial charge in [-0.15, -0.1) is 0 Å². The van der Waals surface area contributed by atoms with Crippen molar-refractivity contribution in [1.29, 1.82) is 0 Å². The highest BCUT2D eigenvalue weighted by Crippen LogP contribution is 2.17. The van der Waals surface area contributed by atoms with Crippen molar-refractivity contribution in [2.24, 2.45) is 0 Å². The number of carbonyl (C=O) groups is 1. The van der Waals surface area contributed by atoms with E-state index in [1.165, 1.54) is 31.5 Å². The Balaban J connectivity index is 1.58. The highest BCUT2D eigenvalue weighted by molar-refractivity contribution is 7.86. The summed E-state index contributed by atoms with van der Waals surface area (Å²) in [5, 5.41) is 0. The van der Waals surface area contributed by atoms with Crippen molar-refractivity contribution in [2.45, 2.75) is 31.1 Å². The van der Waals surface area contributed by atoms with Crippen LogP contribution in [0.5, 0.6) is 0 Å². The fourth-order valence-electron chi connectivity index (χ4n) is 3.06. The molecule has 0 bridgehead atoms. The molecule has 2 aromatic carbocycles. The molecule has 25 heavy (non-hydrogen) atoms. The molecule has 1 unspecified atom stereocenters. The Morgan fingerprint density at radius 3 is 2.52 bits per heavy atom. The highest BCUT2D eigenvalue weighted by atomic mass is 32.2. The number of hydrogen-bond acceptors (Lipinski definition) is 3. The minimum atomic E-state index is -1.38. The van der Waals surface area contributed by atoms with Crippen LogP contribution in [0, 0.1) is 6.92 Å². The van der Waals surface area contributed by atoms with Gasteiger partial charge in [0.15, 0.2) is 0 Å². The maximum Gasteiger partial charge on any atom is 0.150 e. The van der Waals surface area contributed by atoms with Gasteiger partial charge in [0.1, 0.15) is 17.3 Å². The molecule has 4 nitrogen and oxygen atoms in total. The average Bonchev–Trinajstić information content (AvgIpc) is 3.15. The number of benzene rings is 2. The molecule has 0 radical (unpaired) electrons. The zero-order valence-electron chi connectivity index (χ0n) is 14.5. The first kappa shape index (κ1) is 17.8. The normalized spacial score (nSPS) is 15.9. The van der Waals surface area contributed by atoms with Crippen molar-refractivity contribution in [3.63, 3.8) is 0 Å². The molecule has 1 saturated heterocycles. The molecule has 1 fully saturated rings. The van der Waals surface area contributed by atoms with Gasteiger partial charge in [0.2, 0.25) is 0 Å². The van der Waals surface area contributed by atoms with Crippen molar-refractivity contribution in [2.75, 3.05) is 24.4 Å². The Kier molecular flexibility index (Phi) is 6.00. The molecule has 2 aromatic rings. The van der Waals surface area contributed by atoms with Gasteiger partial charge in [-0.2, -0.15) is 0 Å². The summed E-state index contributed by atoms with van der Waals surface area (Å²) in [7, 11) is -1.38. The summed E-state index contributed by atoms with van der Waals surface area (Å²) in [5.74, 6) is 0. The minimum Gasteiger partial charge on any atom is -0.303 e. The van der Waals surface area contributed by atoms with E-state index < -0.39 is 11.0 Å². The number of rotatable bonds is 7. The number of aldehydes is 1. The van der Waals surface area contributed by atoms with E-state index in [0.717, 1.165) is 30.5 Å². The van der Waals surface area contributed by atoms with E-state index in [-0.39, 0.29) is 0 Å². The fourth-order valence-corrected chi connectivity index (χ4v) is 3.95. The van der Waals surface area contributed by atoms with E-state index >= 15 is 0 Å². The van der Waals surface area contributed by atoms with Gasteiger partial charge >= 0.3 is 0 Å². The summed E-state index contributed by atoms with van der Waals surface area (Å²) in [6.45, 7) is 5.41. The molecule has 1 atom stereocenters. The number of carbonyl (C=O) groups excluding carboxylic acids is 1. The van der Waals surface area contributed by atoms with Gasteiger partial charge in [-0.05, 0) is 74.7 Å². The van der Waals surface area contributed by atoms with Crippen molar-refractivity contribution in [3.8, 4) is 0 Å². The lowest BCUT2D eigenvalue weighted by molar-refractivity contribution is 0.112. The second-order valence-corrected chi connectivity index (χ2v) is 7.72. The smallest absolute Gasteiger partial charge is 0.150 e. The van der Waals surface area contributed by atoms with Crippen LogP contribution in [0.4, 0.5) is 5.69 Å². The van der Waals surface area contributed by atoms with Gasteiger partial charge in [-0.3, -0.25) is 4.79 Å². The maximum absolute atomic E-state index is 12.5. The summed E-state index contributed by atoms with van der Waals surface area (Å²) in [6.07, 6.45) is 4.48. The maximum atomic E-state index is 12.5. The van der Waals surface area contributed by atoms with Crippen molar-refractivity contribution in [1.82, 2.24) is 4.90 Å². The van der Waals surface area contributed by atoms with Crippen LogP contribution in [0.15, 0.2) is 47.4 Å². The molecule has 3 rings (SSSR count). The lowest BCUT2D eigenvalue weighted by Crippen LogP contribution is -2.21. The predicted octanol–water partition coefficient (Wildman–Crippen LogP) is 3.58. The summed E-state index contributed by atoms with van der Waals surface area (Å²) in [6, 6.07) is 13.4. The van der Waals surface area contributed by atoms with Gasteiger partial charge in [-0.25, -0.2) is 4.21 Å². The second-order valence-electron chi connectivity index (χ2n) is 6.50. The van der Waals surface area contributed by atoms with Crippen LogP contribution < -0.4 is 4.72 Å². The first-order chi connectivity index (χ1) is 12.2. The summed E-state index contributed by atoms with van der Waals surface area (Å²) in [4.78, 5) is 14.1. The van der Waals surface area contributed by atoms with Gasteiger partial charge in [0.25, 0.3) is 0 Å². The molecule has 1 heterocycles. The van der Waals surface area contributed by atoms with Crippen LogP contribution in [0.1, 0.15) is 34.3 Å². The van der Waals surface area contributed by atoms with E-state index in [1.807, 2.05) is 25.1 Å². The largest absolute Gasteiger partial charge is 0.303 e. The average molecular weight is 356 g/mol. The third-order valence-electron chi connectivity index (χ3n) is 4.67. The Bertz CT molecular complexity index is 753. The molecule has 0 saturated carbocycles. The Hall–Kier alpha value is -1.98. The molecule has 1 aliphatic heterocycles. The number of nitrogens with zero attached hydrogens (tertiary/aromatic N) is 1. The lowest BCUT2D eigenvalue weighted by Gasteiger charge is -2.14. The van der Waals surface area contributed by atoms with E-state index in [0.29, 0.717) is 10.5 Å². The first-order valence-corrected chi connectivity index (χ1v) is 9.86. The fraction of sp³-hybridized carbons (Fsp3) is 0.350. The topological polar surface area (TPSA) is 49.4 Å². The van der Waals surface area contributed by atoms with Crippen LogP contribution >= 0.6 is 0 Å². The van der Waals surface area contributed by atoms with E-state index in [9.17, 15) is 9.00 Å². The number of aryl methyl sites for hydroxylation is 1. The zero-order chi connectivity index (χ0) is 17.6. The van der Waals surface area contributed by atoms with Gasteiger partial charge in [0, 0.05) is 17.8 Å². The van der Waals surface area contributed by atoms with Gasteiger partial charge < -0.3 is 9.62 Å². The highest BCUT2D eigenvalue weighted by Gasteiger charge is 2.11. The van der Waals surface area contributed by atoms with E-state index in [4.69, 9.17) is 0 Å². The third kappa shape index (κ3) is 4.77. The molecule has 0 aliphatic carbocycles. The molecule has 1 aliphatic rings. The summed E-state index contributed by atoms with van der Waals surface area (Å²) < 4.78 is 15.5. The Labute approximate surface area is 151 Å². The third-order valence-corrected chi connectivity index (χ3v) is 5.77. The van der Waals surface area contributed by atoms with E-state index in [1.54, 1.807) is 12.1 Å². The quantitative estimate of drug-likeness (QED) is 0.772. The minimum absolute atomic E-state index is 0.574. The van der Waals surface area contributed by atoms with Gasteiger partial charge in [0.05, 0.1) is 4.90 Å². The Morgan fingerprint density at radius 1 is 1.12 bits per heavy atom. The van der Waals surface area contributed by atoms with Crippen molar-refractivity contribution >= 4 is 23.0 Å². The van der Waals surface area contributed by atoms with Crippen molar-refractivity contribution in [3.05, 3.63) is 59.2 Å². The van der Waals surface area contributed by atoms with E-state index in [2.05, 4.69) is 21.8 Å². The molecule has 5 heteroatoms. The monoisotopic (exact) mass is 356 g/mol. The molecule has 0 amide bonds. The molecular formula is C20H24N2O2S. The summed E-state index contributed by atoms with van der Waals surface area (Å²) >= 11 is 0. The van der Waals surface area contributed by atoms with Crippen molar-refractivity contribution < 1.29 is 9.00 Å². The molecule has 1 N–H and O–H groups in total. The van der Waals surface area contributed by atoms with Crippen LogP contribution in [-0.4, -0.2) is 35.0 Å². The van der Waals surface area contributed by atoms with Crippen LogP contribution in [0.2, 0.25) is 0 Å². The molecule has 0 aromatic heterocycles. The predicted molar refractivity (Wildman–Crippen MR) is 102 cm³/mol. The summed E-state index contributed by atoms with van der Waals surface area (Å²) in [5.41, 5.74) is 3.57. The Morgan fingerprint density at radius 2 is 1.84 bits per heavy atom. The second kappa shape index (κ2) is 8.41. The molecular weight excluding hydrogens is 332 g/mol. The lowest BCUT2D eigenvalue weighted by atomic mass is 10.1. The molecule has 0 spiro atoms. The standard InChI is InChI=1S/C20H24N2O2S/c1-16-4-9-20(14-18(16)15-23)25(24)21-19-7-5-17(6-8-19)10-13-22-11-2-3-12-22/h4-9,14-15,21H,2-3,10-13H2,1H3. The molecule has 132 valence electrons. The first-order valence-electron chi connectivity index (χ1n) is 8.71. The zero-order valence-corrected chi connectivity index (χ0v) is 15.3. The number of nitrogens with one attached hydrogen (secondary N) is 1. The number of hydrogen-bond donors (Lipinski definition) is 1. The SMILES string of the molecule is Cc1ccc(S(=O)Nc2ccc(CCN3CCCC3)cc2)cc1C=O. The van der Waals surface area contributed by atoms with Crippen LogP contribution in [-0.2, 0) is 17.4 Å². The van der Waals surface area contributed by atoms with Crippen LogP contribution in [0.3, 0.4) is 0 Å².